The molecule has 0 saturated heterocycles. The van der Waals surface area contributed by atoms with Crippen LogP contribution in [0, 0.1) is 11.3 Å². The van der Waals surface area contributed by atoms with Crippen LogP contribution in [0.15, 0.2) is 22.7 Å². The van der Waals surface area contributed by atoms with Gasteiger partial charge in [-0.15, -0.1) is 0 Å². The Balaban J connectivity index is 2.10. The molecule has 0 spiro atoms. The first-order valence-electron chi connectivity index (χ1n) is 6.23. The minimum Gasteiger partial charge on any atom is -0.490 e. The molecule has 5 nitrogen and oxygen atoms in total. The molecule has 0 N–H and O–H groups in total. The van der Waals surface area contributed by atoms with E-state index in [-0.39, 0.29) is 0 Å². The molecular formula is C14H12BrN3O2. The summed E-state index contributed by atoms with van der Waals surface area (Å²) >= 11 is 3.43. The van der Waals surface area contributed by atoms with Crippen molar-refractivity contribution in [2.24, 2.45) is 7.05 Å². The van der Waals surface area contributed by atoms with Crippen LogP contribution < -0.4 is 9.47 Å². The average molecular weight is 334 g/mol. The monoisotopic (exact) mass is 333 g/mol. The van der Waals surface area contributed by atoms with Crippen molar-refractivity contribution in [2.75, 3.05) is 13.2 Å². The Bertz CT molecular complexity index is 703. The van der Waals surface area contributed by atoms with Gasteiger partial charge in [0.05, 0.1) is 23.4 Å². The van der Waals surface area contributed by atoms with Gasteiger partial charge in [0, 0.05) is 19.0 Å². The highest BCUT2D eigenvalue weighted by atomic mass is 79.9. The first-order chi connectivity index (χ1) is 9.70. The largest absolute Gasteiger partial charge is 0.490 e. The molecule has 0 atom stereocenters. The number of aromatic nitrogens is 2. The lowest BCUT2D eigenvalue weighted by molar-refractivity contribution is 0.297. The summed E-state index contributed by atoms with van der Waals surface area (Å²) in [5.41, 5.74) is 2.14. The fourth-order valence-corrected chi connectivity index (χ4v) is 2.85. The summed E-state index contributed by atoms with van der Waals surface area (Å²) in [6.07, 6.45) is 0.873. The maximum atomic E-state index is 9.03. The van der Waals surface area contributed by atoms with Crippen LogP contribution in [0.5, 0.6) is 11.5 Å². The maximum absolute atomic E-state index is 9.03. The lowest BCUT2D eigenvalue weighted by Crippen LogP contribution is -1.97. The molecule has 1 aromatic carbocycles. The Morgan fingerprint density at radius 3 is 2.75 bits per heavy atom. The van der Waals surface area contributed by atoms with Crippen LogP contribution in [-0.2, 0) is 7.05 Å². The van der Waals surface area contributed by atoms with Crippen LogP contribution in [0.25, 0.3) is 11.3 Å². The van der Waals surface area contributed by atoms with Gasteiger partial charge in [0.15, 0.2) is 17.2 Å². The van der Waals surface area contributed by atoms with Crippen LogP contribution in [-0.4, -0.2) is 23.0 Å². The van der Waals surface area contributed by atoms with Gasteiger partial charge in [-0.2, -0.15) is 10.4 Å². The molecule has 0 radical (unpaired) electrons. The van der Waals surface area contributed by atoms with Gasteiger partial charge < -0.3 is 9.47 Å². The summed E-state index contributed by atoms with van der Waals surface area (Å²) in [5, 5.41) is 13.2. The molecule has 1 aromatic heterocycles. The quantitative estimate of drug-likeness (QED) is 0.805. The number of ether oxygens (including phenoxy) is 2. The summed E-state index contributed by atoms with van der Waals surface area (Å²) in [7, 11) is 1.81. The van der Waals surface area contributed by atoms with Gasteiger partial charge >= 0.3 is 0 Å². The van der Waals surface area contributed by atoms with E-state index in [1.54, 1.807) is 4.68 Å². The molecule has 0 bridgehead atoms. The van der Waals surface area contributed by atoms with Crippen LogP contribution in [0.4, 0.5) is 0 Å². The van der Waals surface area contributed by atoms with Crippen molar-refractivity contribution in [2.45, 2.75) is 6.42 Å². The molecule has 20 heavy (non-hydrogen) atoms. The fraction of sp³-hybridized carbons (Fsp3) is 0.286. The van der Waals surface area contributed by atoms with Crippen molar-refractivity contribution in [1.82, 2.24) is 9.78 Å². The second-order valence-electron chi connectivity index (χ2n) is 4.46. The van der Waals surface area contributed by atoms with Gasteiger partial charge in [0.2, 0.25) is 0 Å². The topological polar surface area (TPSA) is 60.1 Å². The minimum absolute atomic E-state index is 0.370. The number of halogens is 1. The third-order valence-corrected chi connectivity index (χ3v) is 3.87. The van der Waals surface area contributed by atoms with E-state index in [4.69, 9.17) is 14.7 Å². The van der Waals surface area contributed by atoms with Crippen LogP contribution in [0.1, 0.15) is 12.1 Å². The molecule has 3 rings (SSSR count). The third-order valence-electron chi connectivity index (χ3n) is 3.12. The Labute approximate surface area is 124 Å². The van der Waals surface area contributed by atoms with Crippen molar-refractivity contribution in [3.63, 3.8) is 0 Å². The number of nitriles is 1. The summed E-state index contributed by atoms with van der Waals surface area (Å²) in [6, 6.07) is 7.82. The standard InChI is InChI=1S/C14H12BrN3O2/c1-18-14(13(15)10(8-16)17-18)9-3-4-11-12(7-9)20-6-2-5-19-11/h3-4,7H,2,5-6H2,1H3. The highest BCUT2D eigenvalue weighted by Gasteiger charge is 2.18. The van der Waals surface area contributed by atoms with Gasteiger partial charge in [-0.1, -0.05) is 0 Å². The number of hydrogen-bond donors (Lipinski definition) is 0. The van der Waals surface area contributed by atoms with Crippen molar-refractivity contribution < 1.29 is 9.47 Å². The highest BCUT2D eigenvalue weighted by molar-refractivity contribution is 9.10. The predicted molar refractivity (Wildman–Crippen MR) is 76.7 cm³/mol. The Kier molecular flexibility index (Phi) is 3.36. The minimum atomic E-state index is 0.370. The molecule has 1 aliphatic rings. The van der Waals surface area contributed by atoms with Crippen LogP contribution >= 0.6 is 15.9 Å². The summed E-state index contributed by atoms with van der Waals surface area (Å²) in [6.45, 7) is 1.31. The van der Waals surface area contributed by atoms with E-state index >= 15 is 0 Å². The molecule has 2 heterocycles. The third kappa shape index (κ3) is 2.14. The highest BCUT2D eigenvalue weighted by Crippen LogP contribution is 2.37. The maximum Gasteiger partial charge on any atom is 0.177 e. The second-order valence-corrected chi connectivity index (χ2v) is 5.25. The van der Waals surface area contributed by atoms with Gasteiger partial charge in [0.1, 0.15) is 6.07 Å². The normalized spacial score (nSPS) is 13.7. The van der Waals surface area contributed by atoms with Crippen LogP contribution in [0.2, 0.25) is 0 Å². The summed E-state index contributed by atoms with van der Waals surface area (Å²) in [4.78, 5) is 0. The van der Waals surface area contributed by atoms with Gasteiger partial charge in [-0.3, -0.25) is 4.68 Å². The second kappa shape index (κ2) is 5.17. The molecule has 1 aliphatic heterocycles. The van der Waals surface area contributed by atoms with Crippen molar-refractivity contribution >= 4 is 15.9 Å². The van der Waals surface area contributed by atoms with E-state index in [1.165, 1.54) is 0 Å². The molecule has 0 aliphatic carbocycles. The van der Waals surface area contributed by atoms with E-state index in [1.807, 2.05) is 25.2 Å². The molecule has 0 fully saturated rings. The lowest BCUT2D eigenvalue weighted by atomic mass is 10.1. The van der Waals surface area contributed by atoms with E-state index in [0.717, 1.165) is 29.2 Å². The lowest BCUT2D eigenvalue weighted by Gasteiger charge is -2.10. The van der Waals surface area contributed by atoms with Gasteiger partial charge in [-0.05, 0) is 34.1 Å². The predicted octanol–water partition coefficient (Wildman–Crippen LogP) is 2.88. The summed E-state index contributed by atoms with van der Waals surface area (Å²) < 4.78 is 13.7. The molecule has 2 aromatic rings. The molecule has 0 saturated carbocycles. The number of hydrogen-bond acceptors (Lipinski definition) is 4. The zero-order chi connectivity index (χ0) is 14.1. The van der Waals surface area contributed by atoms with Crippen molar-refractivity contribution in [1.29, 1.82) is 5.26 Å². The molecular weight excluding hydrogens is 322 g/mol. The van der Waals surface area contributed by atoms with Crippen molar-refractivity contribution in [3.05, 3.63) is 28.4 Å². The first-order valence-corrected chi connectivity index (χ1v) is 7.02. The molecule has 102 valence electrons. The Morgan fingerprint density at radius 2 is 2.05 bits per heavy atom. The smallest absolute Gasteiger partial charge is 0.177 e. The fourth-order valence-electron chi connectivity index (χ4n) is 2.19. The average Bonchev–Trinajstić information content (AvgIpc) is 2.64. The number of benzene rings is 1. The number of rotatable bonds is 1. The molecule has 6 heteroatoms. The van der Waals surface area contributed by atoms with Gasteiger partial charge in [-0.25, -0.2) is 0 Å². The SMILES string of the molecule is Cn1nc(C#N)c(Br)c1-c1ccc2c(c1)OCCCO2. The summed E-state index contributed by atoms with van der Waals surface area (Å²) in [5.74, 6) is 1.48. The van der Waals surface area contributed by atoms with Crippen molar-refractivity contribution in [3.8, 4) is 28.8 Å². The van der Waals surface area contributed by atoms with E-state index < -0.39 is 0 Å². The Hall–Kier alpha value is -2.00. The molecule has 0 amide bonds. The number of nitrogens with zero attached hydrogens (tertiary/aromatic N) is 3. The van der Waals surface area contributed by atoms with E-state index in [9.17, 15) is 0 Å². The van der Waals surface area contributed by atoms with E-state index in [2.05, 4.69) is 27.1 Å². The number of fused-ring (bicyclic) bond motifs is 1. The van der Waals surface area contributed by atoms with Gasteiger partial charge in [0.25, 0.3) is 0 Å². The molecule has 0 unspecified atom stereocenters. The first kappa shape index (κ1) is 13.0. The zero-order valence-corrected chi connectivity index (χ0v) is 12.5. The number of aryl methyl sites for hydroxylation is 1. The zero-order valence-electron chi connectivity index (χ0n) is 10.9. The van der Waals surface area contributed by atoms with E-state index in [0.29, 0.717) is 23.4 Å². The Morgan fingerprint density at radius 1 is 1.30 bits per heavy atom. The van der Waals surface area contributed by atoms with Crippen LogP contribution in [0.3, 0.4) is 0 Å².